The number of nitrogens with zero attached hydrogens (tertiary/aromatic N) is 1. The Bertz CT molecular complexity index is 424. The van der Waals surface area contributed by atoms with Crippen LogP contribution < -0.4 is 5.73 Å². The van der Waals surface area contributed by atoms with E-state index < -0.39 is 11.7 Å². The molecule has 0 radical (unpaired) electrons. The van der Waals surface area contributed by atoms with Gasteiger partial charge in [-0.05, 0) is 37.5 Å². The Balaban J connectivity index is 2.76. The standard InChI is InChI=1S/C16H25F3N2/c1-11(2)9-21(12(3)4)10-15(20)13-5-7-14(8-6-13)16(17,18)19/h5-8,11-12,15H,9-10,20H2,1-4H3. The lowest BCUT2D eigenvalue weighted by molar-refractivity contribution is -0.137. The van der Waals surface area contributed by atoms with Crippen LogP contribution in [0.1, 0.15) is 44.9 Å². The van der Waals surface area contributed by atoms with Gasteiger partial charge in [-0.1, -0.05) is 26.0 Å². The summed E-state index contributed by atoms with van der Waals surface area (Å²) in [4.78, 5) is 2.26. The van der Waals surface area contributed by atoms with Crippen molar-refractivity contribution < 1.29 is 13.2 Å². The van der Waals surface area contributed by atoms with E-state index in [1.54, 1.807) is 0 Å². The van der Waals surface area contributed by atoms with E-state index in [1.807, 2.05) is 0 Å². The van der Waals surface area contributed by atoms with E-state index in [0.717, 1.165) is 24.2 Å². The maximum absolute atomic E-state index is 12.5. The number of benzene rings is 1. The summed E-state index contributed by atoms with van der Waals surface area (Å²) in [5.74, 6) is 0.521. The van der Waals surface area contributed by atoms with Gasteiger partial charge in [-0.15, -0.1) is 0 Å². The Morgan fingerprint density at radius 2 is 1.52 bits per heavy atom. The topological polar surface area (TPSA) is 29.3 Å². The van der Waals surface area contributed by atoms with Crippen molar-refractivity contribution in [2.75, 3.05) is 13.1 Å². The van der Waals surface area contributed by atoms with Crippen molar-refractivity contribution in [1.82, 2.24) is 4.90 Å². The van der Waals surface area contributed by atoms with Crippen LogP contribution in [0.4, 0.5) is 13.2 Å². The minimum absolute atomic E-state index is 0.284. The number of hydrogen-bond donors (Lipinski definition) is 1. The molecule has 120 valence electrons. The molecule has 0 fully saturated rings. The molecule has 0 spiro atoms. The van der Waals surface area contributed by atoms with Gasteiger partial charge in [0.25, 0.3) is 0 Å². The third kappa shape index (κ3) is 5.67. The first-order valence-electron chi connectivity index (χ1n) is 7.28. The lowest BCUT2D eigenvalue weighted by Gasteiger charge is -2.31. The highest BCUT2D eigenvalue weighted by molar-refractivity contribution is 5.26. The van der Waals surface area contributed by atoms with E-state index in [2.05, 4.69) is 32.6 Å². The number of rotatable bonds is 6. The van der Waals surface area contributed by atoms with Crippen LogP contribution in [0.5, 0.6) is 0 Å². The van der Waals surface area contributed by atoms with Gasteiger partial charge >= 0.3 is 6.18 Å². The number of halogens is 3. The molecule has 0 saturated carbocycles. The molecule has 0 heterocycles. The summed E-state index contributed by atoms with van der Waals surface area (Å²) in [7, 11) is 0. The summed E-state index contributed by atoms with van der Waals surface area (Å²) in [6.07, 6.45) is -4.30. The smallest absolute Gasteiger partial charge is 0.323 e. The third-order valence-corrected chi connectivity index (χ3v) is 3.43. The molecule has 0 aromatic heterocycles. The molecule has 1 rings (SSSR count). The fourth-order valence-electron chi connectivity index (χ4n) is 2.24. The highest BCUT2D eigenvalue weighted by Crippen LogP contribution is 2.29. The van der Waals surface area contributed by atoms with Gasteiger partial charge < -0.3 is 5.73 Å². The van der Waals surface area contributed by atoms with Gasteiger partial charge in [0.2, 0.25) is 0 Å². The van der Waals surface area contributed by atoms with Gasteiger partial charge in [0.05, 0.1) is 5.56 Å². The van der Waals surface area contributed by atoms with Crippen LogP contribution in [0.3, 0.4) is 0 Å². The van der Waals surface area contributed by atoms with Crippen LogP contribution in [0, 0.1) is 5.92 Å². The highest BCUT2D eigenvalue weighted by atomic mass is 19.4. The second kappa shape index (κ2) is 7.27. The predicted octanol–water partition coefficient (Wildman–Crippen LogP) is 4.07. The summed E-state index contributed by atoms with van der Waals surface area (Å²) in [5.41, 5.74) is 6.24. The molecule has 0 amide bonds. The third-order valence-electron chi connectivity index (χ3n) is 3.43. The quantitative estimate of drug-likeness (QED) is 0.858. The monoisotopic (exact) mass is 302 g/mol. The summed E-state index contributed by atoms with van der Waals surface area (Å²) in [5, 5.41) is 0. The Morgan fingerprint density at radius 3 is 1.90 bits per heavy atom. The molecule has 1 aromatic rings. The van der Waals surface area contributed by atoms with Crippen LogP contribution in [0.2, 0.25) is 0 Å². The summed E-state index contributed by atoms with van der Waals surface area (Å²) in [6.45, 7) is 10.0. The predicted molar refractivity (Wildman–Crippen MR) is 79.9 cm³/mol. The van der Waals surface area contributed by atoms with E-state index in [4.69, 9.17) is 5.73 Å². The molecule has 0 aliphatic heterocycles. The molecule has 21 heavy (non-hydrogen) atoms. The van der Waals surface area contributed by atoms with Crippen LogP contribution in [0.25, 0.3) is 0 Å². The van der Waals surface area contributed by atoms with E-state index in [9.17, 15) is 13.2 Å². The van der Waals surface area contributed by atoms with E-state index >= 15 is 0 Å². The number of nitrogens with two attached hydrogens (primary N) is 1. The van der Waals surface area contributed by atoms with Gasteiger partial charge in [-0.25, -0.2) is 0 Å². The van der Waals surface area contributed by atoms with Crippen molar-refractivity contribution in [1.29, 1.82) is 0 Å². The minimum atomic E-state index is -4.30. The van der Waals surface area contributed by atoms with Crippen molar-refractivity contribution in [2.24, 2.45) is 11.7 Å². The van der Waals surface area contributed by atoms with Crippen molar-refractivity contribution in [2.45, 2.75) is 46.0 Å². The van der Waals surface area contributed by atoms with Crippen LogP contribution in [-0.4, -0.2) is 24.0 Å². The molecule has 1 unspecified atom stereocenters. The molecule has 2 nitrogen and oxygen atoms in total. The zero-order valence-electron chi connectivity index (χ0n) is 13.1. The summed E-state index contributed by atoms with van der Waals surface area (Å²) < 4.78 is 37.6. The summed E-state index contributed by atoms with van der Waals surface area (Å²) in [6, 6.07) is 5.21. The van der Waals surface area contributed by atoms with E-state index in [-0.39, 0.29) is 6.04 Å². The Kier molecular flexibility index (Phi) is 6.23. The summed E-state index contributed by atoms with van der Waals surface area (Å²) >= 11 is 0. The minimum Gasteiger partial charge on any atom is -0.323 e. The molecular weight excluding hydrogens is 277 g/mol. The lowest BCUT2D eigenvalue weighted by Crippen LogP contribution is -2.39. The molecule has 0 aliphatic rings. The van der Waals surface area contributed by atoms with Crippen LogP contribution in [-0.2, 0) is 6.18 Å². The molecular formula is C16H25F3N2. The van der Waals surface area contributed by atoms with Crippen molar-refractivity contribution >= 4 is 0 Å². The maximum atomic E-state index is 12.5. The molecule has 5 heteroatoms. The average Bonchev–Trinajstić information content (AvgIpc) is 2.36. The fraction of sp³-hybridized carbons (Fsp3) is 0.625. The van der Waals surface area contributed by atoms with Gasteiger partial charge in [0.1, 0.15) is 0 Å². The first-order valence-corrected chi connectivity index (χ1v) is 7.28. The van der Waals surface area contributed by atoms with Gasteiger partial charge in [-0.3, -0.25) is 4.90 Å². The van der Waals surface area contributed by atoms with Gasteiger partial charge in [0.15, 0.2) is 0 Å². The van der Waals surface area contributed by atoms with Crippen molar-refractivity contribution in [3.05, 3.63) is 35.4 Å². The largest absolute Gasteiger partial charge is 0.416 e. The Labute approximate surface area is 125 Å². The molecule has 0 aliphatic carbocycles. The average molecular weight is 302 g/mol. The van der Waals surface area contributed by atoms with E-state index in [0.29, 0.717) is 18.5 Å². The van der Waals surface area contributed by atoms with Crippen LogP contribution in [0.15, 0.2) is 24.3 Å². The normalized spacial score (nSPS) is 14.2. The van der Waals surface area contributed by atoms with Crippen LogP contribution >= 0.6 is 0 Å². The zero-order valence-corrected chi connectivity index (χ0v) is 13.1. The zero-order chi connectivity index (χ0) is 16.2. The second-order valence-electron chi connectivity index (χ2n) is 6.17. The molecule has 1 aromatic carbocycles. The first-order chi connectivity index (χ1) is 9.61. The lowest BCUT2D eigenvalue weighted by atomic mass is 10.0. The first kappa shape index (κ1) is 18.0. The van der Waals surface area contributed by atoms with Gasteiger partial charge in [-0.2, -0.15) is 13.2 Å². The molecule has 2 N–H and O–H groups in total. The van der Waals surface area contributed by atoms with Crippen molar-refractivity contribution in [3.8, 4) is 0 Å². The highest BCUT2D eigenvalue weighted by Gasteiger charge is 2.30. The molecule has 1 atom stereocenters. The number of hydrogen-bond acceptors (Lipinski definition) is 2. The maximum Gasteiger partial charge on any atom is 0.416 e. The molecule has 0 bridgehead atoms. The second-order valence-corrected chi connectivity index (χ2v) is 6.17. The molecule has 0 saturated heterocycles. The Hall–Kier alpha value is -1.07. The van der Waals surface area contributed by atoms with Crippen molar-refractivity contribution in [3.63, 3.8) is 0 Å². The fourth-order valence-corrected chi connectivity index (χ4v) is 2.24. The van der Waals surface area contributed by atoms with Gasteiger partial charge in [0, 0.05) is 25.2 Å². The Morgan fingerprint density at radius 1 is 1.00 bits per heavy atom. The van der Waals surface area contributed by atoms with E-state index in [1.165, 1.54) is 12.1 Å². The SMILES string of the molecule is CC(C)CN(CC(N)c1ccc(C(F)(F)F)cc1)C(C)C. The number of alkyl halides is 3.